The Bertz CT molecular complexity index is 1410. The van der Waals surface area contributed by atoms with E-state index in [0.717, 1.165) is 41.1 Å². The van der Waals surface area contributed by atoms with Crippen LogP contribution in [0.5, 0.6) is 17.2 Å². The normalized spacial score (nSPS) is 15.4. The number of carbonyl (C=O) groups excluding carboxylic acids is 1. The van der Waals surface area contributed by atoms with Gasteiger partial charge in [0, 0.05) is 24.0 Å². The lowest BCUT2D eigenvalue weighted by Gasteiger charge is -2.22. The molecular formula is C27H25FN4O3. The summed E-state index contributed by atoms with van der Waals surface area (Å²) >= 11 is 0. The van der Waals surface area contributed by atoms with E-state index in [0.29, 0.717) is 12.3 Å². The van der Waals surface area contributed by atoms with Gasteiger partial charge in [-0.15, -0.1) is 0 Å². The molecule has 0 radical (unpaired) electrons. The van der Waals surface area contributed by atoms with E-state index in [4.69, 9.17) is 14.5 Å². The number of halogens is 1. The van der Waals surface area contributed by atoms with Gasteiger partial charge in [-0.3, -0.25) is 14.2 Å². The van der Waals surface area contributed by atoms with Gasteiger partial charge in [-0.05, 0) is 62.2 Å². The topological polar surface area (TPSA) is 69.0 Å². The monoisotopic (exact) mass is 472 g/mol. The largest absolute Gasteiger partial charge is 0.494 e. The zero-order valence-corrected chi connectivity index (χ0v) is 19.6. The lowest BCUT2D eigenvalue weighted by Crippen LogP contribution is -2.30. The fourth-order valence-electron chi connectivity index (χ4n) is 4.60. The highest BCUT2D eigenvalue weighted by molar-refractivity contribution is 5.87. The number of aromatic nitrogens is 3. The SMILES string of the molecule is C=CC(=O)N1CCC[C@H]1c1nc(-c2ccc(Oc3cccc(OC)c3F)cc2)c2cncc(C)n12. The molecule has 0 unspecified atom stereocenters. The summed E-state index contributed by atoms with van der Waals surface area (Å²) in [6, 6.07) is 11.9. The molecule has 0 N–H and O–H groups in total. The van der Waals surface area contributed by atoms with Crippen molar-refractivity contribution in [3.8, 4) is 28.5 Å². The van der Waals surface area contributed by atoms with E-state index in [9.17, 15) is 9.18 Å². The van der Waals surface area contributed by atoms with E-state index in [1.165, 1.54) is 19.3 Å². The summed E-state index contributed by atoms with van der Waals surface area (Å²) in [6.07, 6.45) is 6.66. The van der Waals surface area contributed by atoms with E-state index in [-0.39, 0.29) is 23.4 Å². The number of benzene rings is 2. The minimum atomic E-state index is -0.555. The highest BCUT2D eigenvalue weighted by atomic mass is 19.1. The van der Waals surface area contributed by atoms with E-state index in [1.807, 2.05) is 24.0 Å². The molecule has 5 rings (SSSR count). The molecule has 1 saturated heterocycles. The first kappa shape index (κ1) is 22.6. The molecule has 0 spiro atoms. The fraction of sp³-hybridized carbons (Fsp3) is 0.222. The first-order chi connectivity index (χ1) is 17.0. The van der Waals surface area contributed by atoms with Gasteiger partial charge in [0.05, 0.1) is 30.6 Å². The molecule has 2 aromatic carbocycles. The van der Waals surface area contributed by atoms with Crippen LogP contribution in [0, 0.1) is 12.7 Å². The maximum atomic E-state index is 14.5. The number of fused-ring (bicyclic) bond motifs is 1. The first-order valence-electron chi connectivity index (χ1n) is 11.4. The molecule has 8 heteroatoms. The van der Waals surface area contributed by atoms with Crippen LogP contribution in [0.1, 0.15) is 30.4 Å². The Morgan fingerprint density at radius 1 is 1.17 bits per heavy atom. The summed E-state index contributed by atoms with van der Waals surface area (Å²) in [6.45, 7) is 6.30. The van der Waals surface area contributed by atoms with Gasteiger partial charge in [0.15, 0.2) is 11.5 Å². The number of rotatable bonds is 6. The van der Waals surface area contributed by atoms with E-state index >= 15 is 0 Å². The van der Waals surface area contributed by atoms with Crippen LogP contribution in [0.25, 0.3) is 16.8 Å². The average Bonchev–Trinajstić information content (AvgIpc) is 3.51. The standard InChI is InChI=1S/C27H25FN4O3/c1-4-24(33)31-14-6-7-20(31)27-30-26(21-16-29-15-17(2)32(21)27)18-10-12-19(13-11-18)35-23-9-5-8-22(34-3)25(23)28/h4-5,8-13,15-16,20H,1,6-7,14H2,2-3H3/t20-/m0/s1. The molecule has 4 aromatic rings. The van der Waals surface area contributed by atoms with Gasteiger partial charge in [0.1, 0.15) is 11.6 Å². The number of aryl methyl sites for hydroxylation is 1. The predicted octanol–water partition coefficient (Wildman–Crippen LogP) is 5.49. The molecule has 178 valence electrons. The summed E-state index contributed by atoms with van der Waals surface area (Å²) in [5, 5.41) is 0. The fourth-order valence-corrected chi connectivity index (χ4v) is 4.60. The van der Waals surface area contributed by atoms with Gasteiger partial charge < -0.3 is 14.4 Å². The third kappa shape index (κ3) is 4.01. The molecule has 3 heterocycles. The number of hydrogen-bond acceptors (Lipinski definition) is 5. The number of ether oxygens (including phenoxy) is 2. The van der Waals surface area contributed by atoms with Gasteiger partial charge in [-0.1, -0.05) is 12.6 Å². The predicted molar refractivity (Wildman–Crippen MR) is 130 cm³/mol. The molecule has 0 bridgehead atoms. The minimum absolute atomic E-state index is 0.0832. The van der Waals surface area contributed by atoms with Crippen molar-refractivity contribution in [3.63, 3.8) is 0 Å². The second kappa shape index (κ2) is 9.21. The van der Waals surface area contributed by atoms with Gasteiger partial charge in [0.2, 0.25) is 11.7 Å². The maximum Gasteiger partial charge on any atom is 0.246 e. The summed E-state index contributed by atoms with van der Waals surface area (Å²) in [5.41, 5.74) is 3.40. The Labute approximate surface area is 202 Å². The Morgan fingerprint density at radius 2 is 1.94 bits per heavy atom. The molecule has 0 aliphatic carbocycles. The number of nitrogens with zero attached hydrogens (tertiary/aromatic N) is 4. The van der Waals surface area contributed by atoms with Crippen molar-refractivity contribution in [2.45, 2.75) is 25.8 Å². The third-order valence-electron chi connectivity index (χ3n) is 6.26. The molecule has 1 fully saturated rings. The number of carbonyl (C=O) groups is 1. The van der Waals surface area contributed by atoms with Crippen LogP contribution in [0.2, 0.25) is 0 Å². The number of amides is 1. The minimum Gasteiger partial charge on any atom is -0.494 e. The Kier molecular flexibility index (Phi) is 5.94. The molecule has 2 aromatic heterocycles. The molecule has 1 aliphatic rings. The molecular weight excluding hydrogens is 447 g/mol. The van der Waals surface area contributed by atoms with E-state index in [1.54, 1.807) is 36.7 Å². The molecule has 0 saturated carbocycles. The highest BCUT2D eigenvalue weighted by Gasteiger charge is 2.33. The summed E-state index contributed by atoms with van der Waals surface area (Å²) in [5.74, 6) is 0.845. The number of hydrogen-bond donors (Lipinski definition) is 0. The van der Waals surface area contributed by atoms with Crippen molar-refractivity contribution in [2.75, 3.05) is 13.7 Å². The molecule has 1 aliphatic heterocycles. The molecule has 1 atom stereocenters. The van der Waals surface area contributed by atoms with Crippen LogP contribution < -0.4 is 9.47 Å². The average molecular weight is 473 g/mol. The van der Waals surface area contributed by atoms with Gasteiger partial charge in [-0.25, -0.2) is 4.98 Å². The smallest absolute Gasteiger partial charge is 0.246 e. The Morgan fingerprint density at radius 3 is 2.69 bits per heavy atom. The van der Waals surface area contributed by atoms with Crippen molar-refractivity contribution >= 4 is 11.4 Å². The maximum absolute atomic E-state index is 14.5. The van der Waals surface area contributed by atoms with Crippen molar-refractivity contribution in [1.29, 1.82) is 0 Å². The van der Waals surface area contributed by atoms with Crippen molar-refractivity contribution < 1.29 is 18.7 Å². The van der Waals surface area contributed by atoms with Crippen LogP contribution in [0.3, 0.4) is 0 Å². The second-order valence-electron chi connectivity index (χ2n) is 8.38. The number of methoxy groups -OCH3 is 1. The lowest BCUT2D eigenvalue weighted by atomic mass is 10.1. The van der Waals surface area contributed by atoms with Gasteiger partial charge in [-0.2, -0.15) is 4.39 Å². The van der Waals surface area contributed by atoms with Crippen molar-refractivity contribution in [1.82, 2.24) is 19.3 Å². The zero-order valence-electron chi connectivity index (χ0n) is 19.6. The molecule has 1 amide bonds. The first-order valence-corrected chi connectivity index (χ1v) is 11.4. The zero-order chi connectivity index (χ0) is 24.5. The van der Waals surface area contributed by atoms with E-state index < -0.39 is 5.82 Å². The highest BCUT2D eigenvalue weighted by Crippen LogP contribution is 2.37. The number of likely N-dealkylation sites (tertiary alicyclic amines) is 1. The van der Waals surface area contributed by atoms with E-state index in [2.05, 4.69) is 16.0 Å². The number of imidazole rings is 1. The Balaban J connectivity index is 1.52. The molecule has 35 heavy (non-hydrogen) atoms. The lowest BCUT2D eigenvalue weighted by molar-refractivity contribution is -0.127. The Hall–Kier alpha value is -4.20. The summed E-state index contributed by atoms with van der Waals surface area (Å²) in [4.78, 5) is 23.7. The van der Waals surface area contributed by atoms with Crippen LogP contribution >= 0.6 is 0 Å². The quantitative estimate of drug-likeness (QED) is 0.347. The third-order valence-corrected chi connectivity index (χ3v) is 6.26. The van der Waals surface area contributed by atoms with Crippen molar-refractivity contribution in [2.24, 2.45) is 0 Å². The second-order valence-corrected chi connectivity index (χ2v) is 8.38. The van der Waals surface area contributed by atoms with Crippen LogP contribution in [0.15, 0.2) is 67.5 Å². The summed E-state index contributed by atoms with van der Waals surface area (Å²) < 4.78 is 27.3. The molecule has 7 nitrogen and oxygen atoms in total. The van der Waals surface area contributed by atoms with Gasteiger partial charge in [0.25, 0.3) is 0 Å². The van der Waals surface area contributed by atoms with Crippen LogP contribution in [-0.2, 0) is 4.79 Å². The van der Waals surface area contributed by atoms with Gasteiger partial charge >= 0.3 is 0 Å². The van der Waals surface area contributed by atoms with Crippen LogP contribution in [-0.4, -0.2) is 38.8 Å². The summed E-state index contributed by atoms with van der Waals surface area (Å²) in [7, 11) is 1.41. The van der Waals surface area contributed by atoms with Crippen molar-refractivity contribution in [3.05, 3.63) is 84.8 Å². The van der Waals surface area contributed by atoms with Crippen LogP contribution in [0.4, 0.5) is 4.39 Å².